The van der Waals surface area contributed by atoms with Gasteiger partial charge in [0, 0.05) is 0 Å². The van der Waals surface area contributed by atoms with Crippen LogP contribution >= 0.6 is 0 Å². The van der Waals surface area contributed by atoms with Crippen LogP contribution in [0.1, 0.15) is 55.2 Å². The maximum absolute atomic E-state index is 11.7. The molecule has 0 saturated heterocycles. The minimum Gasteiger partial charge on any atom is -0.508 e. The minimum atomic E-state index is -0.672. The monoisotopic (exact) mass is 361 g/mol. The zero-order valence-electron chi connectivity index (χ0n) is 15.0. The van der Waals surface area contributed by atoms with E-state index in [1.54, 1.807) is 17.6 Å². The smallest absolute Gasteiger partial charge is 0.247 e. The minimum absolute atomic E-state index is 0.0314. The van der Waals surface area contributed by atoms with Crippen LogP contribution < -0.4 is 5.48 Å². The number of carbonyl (C=O) groups is 1. The molecule has 6 heteroatoms. The SMILES string of the molecule is C[C@]12CC[C@@H]3c4c(cc(O)cc4CC(=O)NO)CC[C@H]3[C@@H]1C[C@@H](O)[C@@H]2O. The highest BCUT2D eigenvalue weighted by Crippen LogP contribution is 2.61. The van der Waals surface area contributed by atoms with Gasteiger partial charge in [-0.3, -0.25) is 10.0 Å². The normalized spacial score (nSPS) is 38.2. The number of nitrogens with one attached hydrogen (secondary N) is 1. The summed E-state index contributed by atoms with van der Waals surface area (Å²) in [5, 5.41) is 39.7. The van der Waals surface area contributed by atoms with Crippen molar-refractivity contribution in [1.82, 2.24) is 5.48 Å². The predicted molar refractivity (Wildman–Crippen MR) is 93.8 cm³/mol. The standard InChI is InChI=1S/C20H27NO5/c1-20-5-4-14-13(15(20)9-16(23)19(20)25)3-2-10-6-12(22)7-11(18(10)14)8-17(24)21-26/h6-7,13-16,19,22-23,25-26H,2-5,8-9H2,1H3,(H,21,24)/t13-,14+,15+,16-,19+,20+/m1/s1. The second-order valence-corrected chi connectivity index (χ2v) is 8.60. The third-order valence-electron chi connectivity index (χ3n) is 7.34. The average Bonchev–Trinajstić information content (AvgIpc) is 2.84. The summed E-state index contributed by atoms with van der Waals surface area (Å²) in [6, 6.07) is 3.42. The van der Waals surface area contributed by atoms with E-state index in [4.69, 9.17) is 5.21 Å². The molecule has 1 aromatic rings. The van der Waals surface area contributed by atoms with Gasteiger partial charge >= 0.3 is 0 Å². The van der Waals surface area contributed by atoms with Crippen molar-refractivity contribution in [2.45, 2.75) is 63.6 Å². The second kappa shape index (κ2) is 6.22. The molecule has 2 saturated carbocycles. The van der Waals surface area contributed by atoms with Gasteiger partial charge in [-0.05, 0) is 84.1 Å². The third kappa shape index (κ3) is 2.54. The van der Waals surface area contributed by atoms with E-state index >= 15 is 0 Å². The molecule has 0 radical (unpaired) electrons. The van der Waals surface area contributed by atoms with Gasteiger partial charge < -0.3 is 15.3 Å². The Labute approximate surface area is 152 Å². The van der Waals surface area contributed by atoms with Crippen LogP contribution in [0.15, 0.2) is 12.1 Å². The van der Waals surface area contributed by atoms with Crippen molar-refractivity contribution in [3.63, 3.8) is 0 Å². The number of benzene rings is 1. The van der Waals surface area contributed by atoms with Crippen LogP contribution in [-0.2, 0) is 17.6 Å². The molecule has 0 heterocycles. The Morgan fingerprint density at radius 2 is 2.08 bits per heavy atom. The summed E-state index contributed by atoms with van der Waals surface area (Å²) in [6.07, 6.45) is 2.83. The summed E-state index contributed by atoms with van der Waals surface area (Å²) in [4.78, 5) is 11.7. The molecule has 26 heavy (non-hydrogen) atoms. The zero-order chi connectivity index (χ0) is 18.6. The molecule has 4 rings (SSSR count). The molecule has 0 aromatic heterocycles. The molecule has 3 aliphatic carbocycles. The van der Waals surface area contributed by atoms with E-state index in [0.29, 0.717) is 12.3 Å². The van der Waals surface area contributed by atoms with Crippen molar-refractivity contribution in [1.29, 1.82) is 0 Å². The van der Waals surface area contributed by atoms with Crippen LogP contribution in [-0.4, -0.2) is 38.6 Å². The Hall–Kier alpha value is -1.63. The van der Waals surface area contributed by atoms with E-state index in [1.165, 1.54) is 0 Å². The van der Waals surface area contributed by atoms with Gasteiger partial charge in [0.05, 0.1) is 18.6 Å². The lowest BCUT2D eigenvalue weighted by atomic mass is 9.55. The Balaban J connectivity index is 1.73. The van der Waals surface area contributed by atoms with Gasteiger partial charge in [0.1, 0.15) is 5.75 Å². The van der Waals surface area contributed by atoms with Gasteiger partial charge in [-0.1, -0.05) is 6.92 Å². The number of hydroxylamine groups is 1. The van der Waals surface area contributed by atoms with Gasteiger partial charge in [0.15, 0.2) is 0 Å². The van der Waals surface area contributed by atoms with Gasteiger partial charge in [-0.2, -0.15) is 0 Å². The summed E-state index contributed by atoms with van der Waals surface area (Å²) in [5.41, 5.74) is 4.40. The Kier molecular flexibility index (Phi) is 4.25. The zero-order valence-corrected chi connectivity index (χ0v) is 15.0. The first-order valence-electron chi connectivity index (χ1n) is 9.49. The Bertz CT molecular complexity index is 735. The fourth-order valence-electron chi connectivity index (χ4n) is 6.16. The molecular weight excluding hydrogens is 334 g/mol. The number of amides is 1. The third-order valence-corrected chi connectivity index (χ3v) is 7.34. The summed E-state index contributed by atoms with van der Waals surface area (Å²) in [7, 11) is 0. The van der Waals surface area contributed by atoms with Crippen LogP contribution in [0, 0.1) is 17.3 Å². The quantitative estimate of drug-likeness (QED) is 0.406. The van der Waals surface area contributed by atoms with E-state index in [1.807, 2.05) is 0 Å². The van der Waals surface area contributed by atoms with Crippen molar-refractivity contribution >= 4 is 5.91 Å². The highest BCUT2D eigenvalue weighted by molar-refractivity contribution is 5.78. The van der Waals surface area contributed by atoms with Crippen molar-refractivity contribution in [3.05, 3.63) is 28.8 Å². The van der Waals surface area contributed by atoms with Crippen LogP contribution in [0.3, 0.4) is 0 Å². The van der Waals surface area contributed by atoms with E-state index < -0.39 is 18.1 Å². The number of phenolic OH excluding ortho intramolecular Hbond substituents is 1. The summed E-state index contributed by atoms with van der Waals surface area (Å²) >= 11 is 0. The lowest BCUT2D eigenvalue weighted by Crippen LogP contribution is -2.45. The molecule has 0 unspecified atom stereocenters. The van der Waals surface area contributed by atoms with E-state index in [-0.39, 0.29) is 29.4 Å². The fraction of sp³-hybridized carbons (Fsp3) is 0.650. The summed E-state index contributed by atoms with van der Waals surface area (Å²) < 4.78 is 0. The number of aliphatic hydroxyl groups is 2. The van der Waals surface area contributed by atoms with Crippen LogP contribution in [0.25, 0.3) is 0 Å². The van der Waals surface area contributed by atoms with Crippen molar-refractivity contribution in [2.24, 2.45) is 17.3 Å². The maximum Gasteiger partial charge on any atom is 0.247 e. The van der Waals surface area contributed by atoms with Gasteiger partial charge in [-0.15, -0.1) is 0 Å². The number of aryl methyl sites for hydroxylation is 1. The summed E-state index contributed by atoms with van der Waals surface area (Å²) in [6.45, 7) is 2.10. The number of carbonyl (C=O) groups excluding carboxylic acids is 1. The van der Waals surface area contributed by atoms with Crippen LogP contribution in [0.5, 0.6) is 5.75 Å². The number of phenols is 1. The van der Waals surface area contributed by atoms with E-state index in [2.05, 4.69) is 6.92 Å². The maximum atomic E-state index is 11.7. The number of aliphatic hydroxyl groups excluding tert-OH is 2. The van der Waals surface area contributed by atoms with Gasteiger partial charge in [0.2, 0.25) is 5.91 Å². The molecule has 6 atom stereocenters. The first-order valence-corrected chi connectivity index (χ1v) is 9.49. The molecule has 6 nitrogen and oxygen atoms in total. The highest BCUT2D eigenvalue weighted by atomic mass is 16.5. The Morgan fingerprint density at radius 3 is 2.81 bits per heavy atom. The largest absolute Gasteiger partial charge is 0.508 e. The Morgan fingerprint density at radius 1 is 1.31 bits per heavy atom. The summed E-state index contributed by atoms with van der Waals surface area (Å²) in [5.74, 6) is 0.528. The molecule has 2 fully saturated rings. The predicted octanol–water partition coefficient (Wildman–Crippen LogP) is 1.63. The van der Waals surface area contributed by atoms with Crippen LogP contribution in [0.2, 0.25) is 0 Å². The number of rotatable bonds is 2. The molecule has 1 amide bonds. The molecule has 0 bridgehead atoms. The van der Waals surface area contributed by atoms with Crippen molar-refractivity contribution in [3.8, 4) is 5.75 Å². The van der Waals surface area contributed by atoms with Gasteiger partial charge in [-0.25, -0.2) is 5.48 Å². The van der Waals surface area contributed by atoms with Gasteiger partial charge in [0.25, 0.3) is 0 Å². The molecule has 3 aliphatic rings. The molecule has 142 valence electrons. The fourth-order valence-corrected chi connectivity index (χ4v) is 6.16. The van der Waals surface area contributed by atoms with E-state index in [0.717, 1.165) is 42.4 Å². The number of fused-ring (bicyclic) bond motifs is 5. The molecule has 0 spiro atoms. The number of hydrogen-bond donors (Lipinski definition) is 5. The van der Waals surface area contributed by atoms with E-state index in [9.17, 15) is 20.1 Å². The molecule has 1 aromatic carbocycles. The van der Waals surface area contributed by atoms with Crippen molar-refractivity contribution < 1.29 is 25.3 Å². The number of aromatic hydroxyl groups is 1. The molecule has 5 N–H and O–H groups in total. The first-order chi connectivity index (χ1) is 12.3. The van der Waals surface area contributed by atoms with Crippen LogP contribution in [0.4, 0.5) is 0 Å². The first kappa shape index (κ1) is 17.8. The number of hydrogen-bond acceptors (Lipinski definition) is 5. The highest BCUT2D eigenvalue weighted by Gasteiger charge is 2.57. The van der Waals surface area contributed by atoms with Crippen molar-refractivity contribution in [2.75, 3.05) is 0 Å². The second-order valence-electron chi connectivity index (χ2n) is 8.60. The molecular formula is C20H27NO5. The topological polar surface area (TPSA) is 110 Å². The molecule has 0 aliphatic heterocycles. The lowest BCUT2D eigenvalue weighted by molar-refractivity contribution is -0.128. The average molecular weight is 361 g/mol. The lowest BCUT2D eigenvalue weighted by Gasteiger charge is -2.50.